The maximum atomic E-state index is 12.0. The molecule has 11 nitrogen and oxygen atoms in total. The Labute approximate surface area is 173 Å². The summed E-state index contributed by atoms with van der Waals surface area (Å²) in [5.74, 6) is 7.60. The third-order valence-corrected chi connectivity index (χ3v) is 4.51. The Balaban J connectivity index is 1.62. The third-order valence-electron chi connectivity index (χ3n) is 4.51. The van der Waals surface area contributed by atoms with Crippen LogP contribution in [0.3, 0.4) is 0 Å². The smallest absolute Gasteiger partial charge is 0.229 e. The van der Waals surface area contributed by atoms with Gasteiger partial charge in [0.15, 0.2) is 5.82 Å². The number of anilines is 5. The van der Waals surface area contributed by atoms with Crippen LogP contribution >= 0.6 is 0 Å². The largest absolute Gasteiger partial charge is 0.494 e. The molecule has 0 saturated heterocycles. The van der Waals surface area contributed by atoms with Crippen LogP contribution in [0.4, 0.5) is 28.8 Å². The lowest BCUT2D eigenvalue weighted by atomic mass is 10.3. The average Bonchev–Trinajstić information content (AvgIpc) is 3.22. The number of nitrogens with one attached hydrogen (secondary N) is 2. The second-order valence-electron chi connectivity index (χ2n) is 6.76. The van der Waals surface area contributed by atoms with Gasteiger partial charge in [-0.25, -0.2) is 10.8 Å². The molecule has 0 saturated carbocycles. The first-order chi connectivity index (χ1) is 14.6. The molecule has 156 valence electrons. The van der Waals surface area contributed by atoms with Crippen molar-refractivity contribution in [3.05, 3.63) is 42.9 Å². The van der Waals surface area contributed by atoms with E-state index in [-0.39, 0.29) is 5.91 Å². The molecule has 2 aromatic heterocycles. The summed E-state index contributed by atoms with van der Waals surface area (Å²) >= 11 is 0. The molecule has 4 heterocycles. The molecule has 0 aliphatic carbocycles. The van der Waals surface area contributed by atoms with Gasteiger partial charge >= 0.3 is 0 Å². The van der Waals surface area contributed by atoms with Gasteiger partial charge < -0.3 is 21.1 Å². The lowest BCUT2D eigenvalue weighted by Crippen LogP contribution is -2.27. The molecule has 2 aliphatic rings. The predicted octanol–water partition coefficient (Wildman–Crippen LogP) is 1.30. The van der Waals surface area contributed by atoms with Gasteiger partial charge in [-0.1, -0.05) is 0 Å². The van der Waals surface area contributed by atoms with Gasteiger partial charge in [-0.15, -0.1) is 0 Å². The summed E-state index contributed by atoms with van der Waals surface area (Å²) in [7, 11) is 0. The number of nitrogens with two attached hydrogens (primary N) is 2. The highest BCUT2D eigenvalue weighted by molar-refractivity contribution is 5.75. The average molecular weight is 409 g/mol. The zero-order valence-corrected chi connectivity index (χ0v) is 16.3. The van der Waals surface area contributed by atoms with Crippen molar-refractivity contribution in [2.45, 2.75) is 19.4 Å². The van der Waals surface area contributed by atoms with Crippen molar-refractivity contribution >= 4 is 34.7 Å². The van der Waals surface area contributed by atoms with E-state index in [1.807, 2.05) is 24.3 Å². The molecule has 0 fully saturated rings. The maximum absolute atomic E-state index is 12.0. The van der Waals surface area contributed by atoms with E-state index >= 15 is 0 Å². The number of ether oxygens (including phenoxy) is 1. The maximum Gasteiger partial charge on any atom is 0.229 e. The molecule has 0 unspecified atom stereocenters. The van der Waals surface area contributed by atoms with Crippen molar-refractivity contribution in [1.29, 1.82) is 0 Å². The van der Waals surface area contributed by atoms with Gasteiger partial charge in [0.2, 0.25) is 11.9 Å². The van der Waals surface area contributed by atoms with Gasteiger partial charge in [-0.3, -0.25) is 14.5 Å². The fraction of sp³-hybridized carbons (Fsp3) is 0.263. The minimum Gasteiger partial charge on any atom is -0.494 e. The summed E-state index contributed by atoms with van der Waals surface area (Å²) in [5.41, 5.74) is 7.73. The number of carbonyl (C=O) groups is 1. The number of benzene rings is 1. The fourth-order valence-corrected chi connectivity index (χ4v) is 2.92. The van der Waals surface area contributed by atoms with Gasteiger partial charge in [0.05, 0.1) is 36.6 Å². The first-order valence-electron chi connectivity index (χ1n) is 9.55. The summed E-state index contributed by atoms with van der Waals surface area (Å²) in [6.07, 6.45) is 5.82. The summed E-state index contributed by atoms with van der Waals surface area (Å²) < 4.78 is 7.35. The van der Waals surface area contributed by atoms with Crippen LogP contribution in [0.1, 0.15) is 12.8 Å². The van der Waals surface area contributed by atoms with E-state index in [9.17, 15) is 4.79 Å². The van der Waals surface area contributed by atoms with E-state index in [1.54, 1.807) is 17.1 Å². The molecule has 0 spiro atoms. The van der Waals surface area contributed by atoms with Crippen LogP contribution in [0.2, 0.25) is 0 Å². The van der Waals surface area contributed by atoms with E-state index in [0.29, 0.717) is 55.7 Å². The van der Waals surface area contributed by atoms with Crippen LogP contribution in [-0.2, 0) is 11.3 Å². The fourth-order valence-electron chi connectivity index (χ4n) is 2.92. The first kappa shape index (κ1) is 19.5. The highest BCUT2D eigenvalue weighted by Crippen LogP contribution is 2.27. The van der Waals surface area contributed by atoms with E-state index in [1.165, 1.54) is 11.2 Å². The number of nitrogen functional groups attached to an aromatic ring is 1. The van der Waals surface area contributed by atoms with Crippen LogP contribution < -0.4 is 32.0 Å². The van der Waals surface area contributed by atoms with E-state index in [0.717, 1.165) is 11.4 Å². The van der Waals surface area contributed by atoms with Crippen LogP contribution in [-0.4, -0.2) is 38.8 Å². The number of hydrogen-bond donors (Lipinski definition) is 4. The van der Waals surface area contributed by atoms with Crippen molar-refractivity contribution in [2.75, 3.05) is 29.2 Å². The molecule has 1 aromatic carbocycles. The zero-order chi connectivity index (χ0) is 20.9. The topological polar surface area (TPSA) is 149 Å². The number of fused-ring (bicyclic) bond motifs is 9. The number of rotatable bonds is 0. The highest BCUT2D eigenvalue weighted by Gasteiger charge is 2.15. The lowest BCUT2D eigenvalue weighted by molar-refractivity contribution is -0.121. The number of nitrogens with zero attached hydrogens (tertiary/aromatic N) is 5. The Kier molecular flexibility index (Phi) is 5.61. The van der Waals surface area contributed by atoms with Crippen LogP contribution in [0.25, 0.3) is 0 Å². The molecule has 6 N–H and O–H groups in total. The van der Waals surface area contributed by atoms with E-state index in [2.05, 4.69) is 25.7 Å². The standard InChI is InChI=1S/C19H23N9O2/c20-16-11-23-19-25-13-2-4-15(5-3-13)30-9-1-7-22-17(29)6-8-27-12-14(10-24-27)28(21)18(16)26-19/h2-5,10-12H,1,6-9,20-21H2,(H,22,29)(H,23,25,26). The number of amides is 1. The summed E-state index contributed by atoms with van der Waals surface area (Å²) in [4.78, 5) is 20.7. The van der Waals surface area contributed by atoms with Gasteiger partial charge in [-0.2, -0.15) is 10.1 Å². The van der Waals surface area contributed by atoms with Crippen molar-refractivity contribution in [3.8, 4) is 5.75 Å². The monoisotopic (exact) mass is 409 g/mol. The molecular weight excluding hydrogens is 386 g/mol. The quantitative estimate of drug-likeness (QED) is 0.403. The Morgan fingerprint density at radius 1 is 1.17 bits per heavy atom. The number of hydrogen-bond acceptors (Lipinski definition) is 9. The van der Waals surface area contributed by atoms with Gasteiger partial charge in [-0.05, 0) is 30.7 Å². The molecule has 0 atom stereocenters. The molecular formula is C19H23N9O2. The van der Waals surface area contributed by atoms with Crippen LogP contribution in [0, 0.1) is 0 Å². The molecule has 30 heavy (non-hydrogen) atoms. The minimum absolute atomic E-state index is 0.0498. The van der Waals surface area contributed by atoms with Crippen molar-refractivity contribution in [3.63, 3.8) is 0 Å². The van der Waals surface area contributed by atoms with E-state index < -0.39 is 0 Å². The Morgan fingerprint density at radius 2 is 2.00 bits per heavy atom. The molecule has 6 bridgehead atoms. The molecule has 3 aromatic rings. The number of aromatic nitrogens is 4. The molecule has 5 rings (SSSR count). The minimum atomic E-state index is -0.0498. The van der Waals surface area contributed by atoms with Crippen molar-refractivity contribution in [1.82, 2.24) is 25.1 Å². The summed E-state index contributed by atoms with van der Waals surface area (Å²) in [6.45, 7) is 1.48. The van der Waals surface area contributed by atoms with Crippen LogP contribution in [0.15, 0.2) is 42.9 Å². The predicted molar refractivity (Wildman–Crippen MR) is 112 cm³/mol. The molecule has 11 heteroatoms. The second kappa shape index (κ2) is 8.66. The van der Waals surface area contributed by atoms with Gasteiger partial charge in [0, 0.05) is 25.2 Å². The summed E-state index contributed by atoms with van der Waals surface area (Å²) in [6, 6.07) is 7.42. The molecule has 2 aliphatic heterocycles. The zero-order valence-electron chi connectivity index (χ0n) is 16.3. The van der Waals surface area contributed by atoms with Gasteiger partial charge in [0.1, 0.15) is 5.75 Å². The number of carbonyl (C=O) groups excluding carboxylic acids is 1. The molecule has 1 amide bonds. The number of aryl methyl sites for hydroxylation is 1. The normalized spacial score (nSPS) is 15.1. The highest BCUT2D eigenvalue weighted by atomic mass is 16.5. The molecule has 0 radical (unpaired) electrons. The Hall–Kier alpha value is -3.86. The Morgan fingerprint density at radius 3 is 2.83 bits per heavy atom. The second-order valence-corrected chi connectivity index (χ2v) is 6.76. The van der Waals surface area contributed by atoms with Crippen molar-refractivity contribution in [2.24, 2.45) is 5.84 Å². The van der Waals surface area contributed by atoms with E-state index in [4.69, 9.17) is 16.3 Å². The summed E-state index contributed by atoms with van der Waals surface area (Å²) in [5, 5.41) is 11.6. The number of hydrazine groups is 1. The lowest BCUT2D eigenvalue weighted by Gasteiger charge is -2.18. The third kappa shape index (κ3) is 4.58. The first-order valence-corrected chi connectivity index (χ1v) is 9.55. The Bertz CT molecular complexity index is 1020. The van der Waals surface area contributed by atoms with Crippen molar-refractivity contribution < 1.29 is 9.53 Å². The SMILES string of the molecule is Nc1cnc2nc1N(N)c1cnn(c1)CCC(=O)NCCCOc1ccc(cc1)N2. The van der Waals surface area contributed by atoms with Gasteiger partial charge in [0.25, 0.3) is 0 Å². The van der Waals surface area contributed by atoms with Crippen LogP contribution in [0.5, 0.6) is 5.75 Å².